The average molecular weight is 625 g/mol. The summed E-state index contributed by atoms with van der Waals surface area (Å²) in [7, 11) is 0.604. The van der Waals surface area contributed by atoms with E-state index in [0.717, 1.165) is 16.9 Å². The van der Waals surface area contributed by atoms with Crippen LogP contribution in [-0.2, 0) is 33.9 Å². The highest BCUT2D eigenvalue weighted by atomic mass is 35.5. The number of benzene rings is 3. The molecule has 3 aromatic carbocycles. The van der Waals surface area contributed by atoms with Gasteiger partial charge in [0.15, 0.2) is 9.84 Å². The van der Waals surface area contributed by atoms with Gasteiger partial charge in [-0.2, -0.15) is 4.98 Å². The molecule has 13 heteroatoms. The van der Waals surface area contributed by atoms with Crippen LogP contribution in [-0.4, -0.2) is 47.1 Å². The molecule has 5 rings (SSSR count). The van der Waals surface area contributed by atoms with E-state index in [4.69, 9.17) is 23.2 Å². The first-order chi connectivity index (χ1) is 19.9. The van der Waals surface area contributed by atoms with Crippen LogP contribution in [0.15, 0.2) is 72.9 Å². The molecule has 0 atom stereocenters. The van der Waals surface area contributed by atoms with Gasteiger partial charge in [0.1, 0.15) is 5.82 Å². The molecule has 2 N–H and O–H groups in total. The number of anilines is 5. The van der Waals surface area contributed by atoms with E-state index in [1.807, 2.05) is 41.8 Å². The molecule has 0 fully saturated rings. The van der Waals surface area contributed by atoms with E-state index in [2.05, 4.69) is 25.6 Å². The van der Waals surface area contributed by atoms with Gasteiger partial charge in [0.2, 0.25) is 17.8 Å². The Labute approximate surface area is 253 Å². The molecule has 0 aliphatic heterocycles. The Bertz CT molecular complexity index is 1890. The van der Waals surface area contributed by atoms with Crippen LogP contribution < -0.4 is 15.5 Å². The lowest BCUT2D eigenvalue weighted by atomic mass is 10.1. The third kappa shape index (κ3) is 6.99. The van der Waals surface area contributed by atoms with Crippen molar-refractivity contribution in [3.05, 3.63) is 94.1 Å². The van der Waals surface area contributed by atoms with Crippen LogP contribution in [0, 0.1) is 0 Å². The molecule has 0 spiro atoms. The average Bonchev–Trinajstić information content (AvgIpc) is 3.24. The van der Waals surface area contributed by atoms with Crippen LogP contribution in [0.4, 0.5) is 29.1 Å². The number of sulfone groups is 1. The molecule has 0 unspecified atom stereocenters. The summed E-state index contributed by atoms with van der Waals surface area (Å²) in [6.07, 6.45) is 2.92. The zero-order valence-electron chi connectivity index (χ0n) is 23.0. The molecule has 1 amide bonds. The molecular formula is C29H27Cl2N7O3S. The van der Waals surface area contributed by atoms with E-state index in [1.165, 1.54) is 6.26 Å². The van der Waals surface area contributed by atoms with Crippen LogP contribution in [0.3, 0.4) is 0 Å². The quantitative estimate of drug-likeness (QED) is 0.208. The lowest BCUT2D eigenvalue weighted by molar-refractivity contribution is -0.115. The summed E-state index contributed by atoms with van der Waals surface area (Å²) in [6, 6.07) is 19.7. The molecule has 0 saturated heterocycles. The molecule has 0 bridgehead atoms. The molecule has 5 aromatic rings. The Morgan fingerprint density at radius 1 is 1.00 bits per heavy atom. The fourth-order valence-electron chi connectivity index (χ4n) is 4.37. The van der Waals surface area contributed by atoms with Gasteiger partial charge in [0.05, 0.1) is 23.2 Å². The number of hydrogen-bond acceptors (Lipinski definition) is 8. The van der Waals surface area contributed by atoms with Crippen LogP contribution in [0.2, 0.25) is 10.0 Å². The van der Waals surface area contributed by atoms with Gasteiger partial charge in [-0.1, -0.05) is 35.3 Å². The third-order valence-electron chi connectivity index (χ3n) is 6.49. The van der Waals surface area contributed by atoms with Crippen LogP contribution in [0.1, 0.15) is 11.1 Å². The molecular weight excluding hydrogens is 597 g/mol. The highest BCUT2D eigenvalue weighted by Gasteiger charge is 2.15. The number of amides is 1. The van der Waals surface area contributed by atoms with E-state index < -0.39 is 9.84 Å². The maximum absolute atomic E-state index is 12.8. The summed E-state index contributed by atoms with van der Waals surface area (Å²) in [5.74, 6) is 1.16. The van der Waals surface area contributed by atoms with E-state index in [0.29, 0.717) is 44.4 Å². The first-order valence-electron chi connectivity index (χ1n) is 12.8. The standard InChI is InChI=1S/C29H27Cl2N7O3S/c1-37(26-12-13-32-28(35-26)33-21-7-4-18(5-8-21)17-42(3,40)41)22-9-11-25-24(16-22)34-29(38(25)2)36-27(39)15-19-14-20(30)6-10-23(19)31/h4-14,16H,15,17H2,1-3H3,(H,32,33,35)(H,34,36,39). The summed E-state index contributed by atoms with van der Waals surface area (Å²) in [5.41, 5.74) is 4.43. The van der Waals surface area contributed by atoms with Crippen molar-refractivity contribution in [1.82, 2.24) is 19.5 Å². The van der Waals surface area contributed by atoms with Crippen molar-refractivity contribution in [3.63, 3.8) is 0 Å². The van der Waals surface area contributed by atoms with Gasteiger partial charge in [0.25, 0.3) is 0 Å². The normalized spacial score (nSPS) is 11.5. The lowest BCUT2D eigenvalue weighted by Crippen LogP contribution is -2.17. The Morgan fingerprint density at radius 2 is 1.76 bits per heavy atom. The molecule has 0 aliphatic rings. The molecule has 2 heterocycles. The Hall–Kier alpha value is -4.19. The molecule has 0 aliphatic carbocycles. The predicted octanol–water partition coefficient (Wildman–Crippen LogP) is 5.91. The topological polar surface area (TPSA) is 122 Å². The minimum Gasteiger partial charge on any atom is -0.329 e. The zero-order valence-corrected chi connectivity index (χ0v) is 25.3. The first kappa shape index (κ1) is 29.3. The second-order valence-electron chi connectivity index (χ2n) is 9.82. The first-order valence-corrected chi connectivity index (χ1v) is 15.6. The summed E-state index contributed by atoms with van der Waals surface area (Å²) >= 11 is 12.3. The second-order valence-corrected chi connectivity index (χ2v) is 12.8. The van der Waals surface area contributed by atoms with Gasteiger partial charge < -0.3 is 14.8 Å². The second kappa shape index (κ2) is 12.0. The Kier molecular flexibility index (Phi) is 8.35. The predicted molar refractivity (Wildman–Crippen MR) is 168 cm³/mol. The van der Waals surface area contributed by atoms with Crippen molar-refractivity contribution in [2.24, 2.45) is 7.05 Å². The molecule has 0 radical (unpaired) electrons. The monoisotopic (exact) mass is 623 g/mol. The van der Waals surface area contributed by atoms with Crippen molar-refractivity contribution in [2.75, 3.05) is 28.8 Å². The van der Waals surface area contributed by atoms with Crippen LogP contribution >= 0.6 is 23.2 Å². The minimum atomic E-state index is -3.11. The molecule has 216 valence electrons. The molecule has 42 heavy (non-hydrogen) atoms. The molecule has 0 saturated carbocycles. The number of fused-ring (bicyclic) bond motifs is 1. The zero-order chi connectivity index (χ0) is 30.0. The summed E-state index contributed by atoms with van der Waals surface area (Å²) in [5, 5.41) is 6.99. The van der Waals surface area contributed by atoms with Crippen molar-refractivity contribution in [3.8, 4) is 0 Å². The van der Waals surface area contributed by atoms with Gasteiger partial charge in [-0.05, 0) is 65.7 Å². The number of halogens is 2. The van der Waals surface area contributed by atoms with Gasteiger partial charge in [-0.15, -0.1) is 0 Å². The smallest absolute Gasteiger partial charge is 0.231 e. The summed E-state index contributed by atoms with van der Waals surface area (Å²) in [4.78, 5) is 28.2. The van der Waals surface area contributed by atoms with Crippen molar-refractivity contribution in [1.29, 1.82) is 0 Å². The van der Waals surface area contributed by atoms with Crippen molar-refractivity contribution < 1.29 is 13.2 Å². The highest BCUT2D eigenvalue weighted by Crippen LogP contribution is 2.28. The molecule has 10 nitrogen and oxygen atoms in total. The summed E-state index contributed by atoms with van der Waals surface area (Å²) < 4.78 is 24.9. The largest absolute Gasteiger partial charge is 0.329 e. The van der Waals surface area contributed by atoms with Crippen LogP contribution in [0.5, 0.6) is 0 Å². The lowest BCUT2D eigenvalue weighted by Gasteiger charge is -2.19. The number of aryl methyl sites for hydroxylation is 1. The fraction of sp³-hybridized carbons (Fsp3) is 0.172. The van der Waals surface area contributed by atoms with Crippen LogP contribution in [0.25, 0.3) is 11.0 Å². The fourth-order valence-corrected chi connectivity index (χ4v) is 5.55. The number of rotatable bonds is 9. The van der Waals surface area contributed by atoms with Gasteiger partial charge >= 0.3 is 0 Å². The van der Waals surface area contributed by atoms with Gasteiger partial charge in [-0.3, -0.25) is 10.1 Å². The van der Waals surface area contributed by atoms with E-state index in [1.54, 1.807) is 54.7 Å². The number of aromatic nitrogens is 4. The number of imidazole rings is 1. The Morgan fingerprint density at radius 3 is 2.50 bits per heavy atom. The number of nitrogens with zero attached hydrogens (tertiary/aromatic N) is 5. The SMILES string of the molecule is CN(c1ccc2c(c1)nc(NC(=O)Cc1cc(Cl)ccc1Cl)n2C)c1ccnc(Nc2ccc(CS(C)(=O)=O)cc2)n1. The number of carbonyl (C=O) groups excluding carboxylic acids is 1. The molecule has 2 aromatic heterocycles. The van der Waals surface area contributed by atoms with E-state index in [9.17, 15) is 13.2 Å². The van der Waals surface area contributed by atoms with E-state index >= 15 is 0 Å². The summed E-state index contributed by atoms with van der Waals surface area (Å²) in [6.45, 7) is 0. The van der Waals surface area contributed by atoms with Gasteiger partial charge in [0, 0.05) is 48.0 Å². The number of nitrogens with one attached hydrogen (secondary N) is 2. The van der Waals surface area contributed by atoms with Gasteiger partial charge in [-0.25, -0.2) is 18.4 Å². The maximum atomic E-state index is 12.8. The minimum absolute atomic E-state index is 0.0174. The van der Waals surface area contributed by atoms with Crippen molar-refractivity contribution in [2.45, 2.75) is 12.2 Å². The Balaban J connectivity index is 1.30. The van der Waals surface area contributed by atoms with E-state index in [-0.39, 0.29) is 18.1 Å². The number of carbonyl (C=O) groups is 1. The number of hydrogen-bond donors (Lipinski definition) is 2. The third-order valence-corrected chi connectivity index (χ3v) is 7.95. The highest BCUT2D eigenvalue weighted by molar-refractivity contribution is 7.89. The van der Waals surface area contributed by atoms with Crippen molar-refractivity contribution >= 4 is 79.1 Å². The maximum Gasteiger partial charge on any atom is 0.231 e.